The molecule has 0 saturated carbocycles. The van der Waals surface area contributed by atoms with Crippen molar-refractivity contribution in [1.29, 1.82) is 0 Å². The number of fused-ring (bicyclic) bond motifs is 1. The standard InChI is InChI=1S/C17H12BrClO3S/c1-11-2-6-14(7-3-11)23(20,21)22-16-9-4-12-10-13(18)5-8-15(12)17(16)19/h2-10H,1H3. The molecule has 0 saturated heterocycles. The molecule has 3 nitrogen and oxygen atoms in total. The molecule has 0 heterocycles. The second-order valence-electron chi connectivity index (χ2n) is 5.09. The first-order valence-electron chi connectivity index (χ1n) is 6.76. The van der Waals surface area contributed by atoms with Crippen molar-refractivity contribution in [2.24, 2.45) is 0 Å². The lowest BCUT2D eigenvalue weighted by molar-refractivity contribution is 0.486. The first kappa shape index (κ1) is 16.3. The molecule has 23 heavy (non-hydrogen) atoms. The third-order valence-corrected chi connectivity index (χ3v) is 5.52. The van der Waals surface area contributed by atoms with Gasteiger partial charge in [0.05, 0.1) is 5.02 Å². The van der Waals surface area contributed by atoms with Gasteiger partial charge in [0, 0.05) is 9.86 Å². The van der Waals surface area contributed by atoms with Crippen molar-refractivity contribution in [2.75, 3.05) is 0 Å². The highest BCUT2D eigenvalue weighted by Gasteiger charge is 2.19. The largest absolute Gasteiger partial charge is 0.377 e. The number of hydrogen-bond donors (Lipinski definition) is 0. The lowest BCUT2D eigenvalue weighted by atomic mass is 10.1. The van der Waals surface area contributed by atoms with Crippen molar-refractivity contribution in [2.45, 2.75) is 11.8 Å². The summed E-state index contributed by atoms with van der Waals surface area (Å²) in [6.45, 7) is 1.88. The van der Waals surface area contributed by atoms with Crippen LogP contribution in [0.3, 0.4) is 0 Å². The highest BCUT2D eigenvalue weighted by atomic mass is 79.9. The quantitative estimate of drug-likeness (QED) is 0.547. The van der Waals surface area contributed by atoms with E-state index < -0.39 is 10.1 Å². The van der Waals surface area contributed by atoms with E-state index >= 15 is 0 Å². The average Bonchev–Trinajstić information content (AvgIpc) is 2.50. The third-order valence-electron chi connectivity index (χ3n) is 3.39. The molecule has 0 aliphatic rings. The van der Waals surface area contributed by atoms with Crippen molar-refractivity contribution in [3.05, 3.63) is 69.7 Å². The molecule has 6 heteroatoms. The van der Waals surface area contributed by atoms with Gasteiger partial charge in [-0.1, -0.05) is 57.4 Å². The van der Waals surface area contributed by atoms with E-state index in [1.165, 1.54) is 12.1 Å². The van der Waals surface area contributed by atoms with E-state index in [0.717, 1.165) is 20.8 Å². The van der Waals surface area contributed by atoms with Gasteiger partial charge in [0.15, 0.2) is 5.75 Å². The van der Waals surface area contributed by atoms with Gasteiger partial charge in [-0.25, -0.2) is 0 Å². The Labute approximate surface area is 148 Å². The summed E-state index contributed by atoms with van der Waals surface area (Å²) in [4.78, 5) is 0.0927. The number of benzene rings is 3. The first-order chi connectivity index (χ1) is 10.9. The Morgan fingerprint density at radius 1 is 1.00 bits per heavy atom. The van der Waals surface area contributed by atoms with Gasteiger partial charge in [-0.2, -0.15) is 8.42 Å². The van der Waals surface area contributed by atoms with Crippen LogP contribution >= 0.6 is 27.5 Å². The number of rotatable bonds is 3. The molecule has 3 aromatic rings. The summed E-state index contributed by atoms with van der Waals surface area (Å²) in [5, 5.41) is 1.89. The molecule has 0 aliphatic carbocycles. The van der Waals surface area contributed by atoms with Gasteiger partial charge in [0.25, 0.3) is 0 Å². The Kier molecular flexibility index (Phi) is 4.36. The molecule has 0 N–H and O–H groups in total. The van der Waals surface area contributed by atoms with E-state index in [1.54, 1.807) is 24.3 Å². The van der Waals surface area contributed by atoms with Crippen molar-refractivity contribution >= 4 is 48.4 Å². The van der Waals surface area contributed by atoms with Crippen molar-refractivity contribution in [3.8, 4) is 5.75 Å². The van der Waals surface area contributed by atoms with E-state index in [2.05, 4.69) is 15.9 Å². The molecule has 3 rings (SSSR count). The lowest BCUT2D eigenvalue weighted by Crippen LogP contribution is -2.10. The van der Waals surface area contributed by atoms with Gasteiger partial charge in [0.1, 0.15) is 4.90 Å². The van der Waals surface area contributed by atoms with E-state index in [1.807, 2.05) is 25.1 Å². The normalized spacial score (nSPS) is 11.6. The second kappa shape index (κ2) is 6.15. The smallest absolute Gasteiger partial charge is 0.339 e. The second-order valence-corrected chi connectivity index (χ2v) is 7.93. The Hall–Kier alpha value is -1.56. The van der Waals surface area contributed by atoms with Crippen LogP contribution < -0.4 is 4.18 Å². The maximum absolute atomic E-state index is 12.4. The average molecular weight is 412 g/mol. The van der Waals surface area contributed by atoms with Gasteiger partial charge in [-0.05, 0) is 42.6 Å². The zero-order chi connectivity index (χ0) is 16.6. The SMILES string of the molecule is Cc1ccc(S(=O)(=O)Oc2ccc3cc(Br)ccc3c2Cl)cc1. The summed E-state index contributed by atoms with van der Waals surface area (Å²) in [6, 6.07) is 15.3. The Morgan fingerprint density at radius 3 is 2.39 bits per heavy atom. The summed E-state index contributed by atoms with van der Waals surface area (Å²) < 4.78 is 30.9. The highest BCUT2D eigenvalue weighted by molar-refractivity contribution is 9.10. The molecule has 0 amide bonds. The van der Waals surface area contributed by atoms with Gasteiger partial charge >= 0.3 is 10.1 Å². The predicted molar refractivity (Wildman–Crippen MR) is 95.7 cm³/mol. The van der Waals surface area contributed by atoms with E-state index in [0.29, 0.717) is 0 Å². The van der Waals surface area contributed by atoms with Crippen LogP contribution in [-0.4, -0.2) is 8.42 Å². The summed E-state index contributed by atoms with van der Waals surface area (Å²) in [6.07, 6.45) is 0. The molecule has 0 radical (unpaired) electrons. The summed E-state index contributed by atoms with van der Waals surface area (Å²) in [5.41, 5.74) is 0.971. The molecule has 3 aromatic carbocycles. The highest BCUT2D eigenvalue weighted by Crippen LogP contribution is 2.35. The zero-order valence-corrected chi connectivity index (χ0v) is 15.2. The molecule has 0 atom stereocenters. The van der Waals surface area contributed by atoms with Crippen LogP contribution in [0.15, 0.2) is 64.0 Å². The zero-order valence-electron chi connectivity index (χ0n) is 12.1. The maximum atomic E-state index is 12.4. The molecule has 0 unspecified atom stereocenters. The molecule has 0 aromatic heterocycles. The lowest BCUT2D eigenvalue weighted by Gasteiger charge is -2.10. The molecule has 0 fully saturated rings. The van der Waals surface area contributed by atoms with Crippen LogP contribution in [0.2, 0.25) is 5.02 Å². The van der Waals surface area contributed by atoms with Crippen LogP contribution in [0.5, 0.6) is 5.75 Å². The van der Waals surface area contributed by atoms with Gasteiger partial charge < -0.3 is 4.18 Å². The van der Waals surface area contributed by atoms with Gasteiger partial charge in [0.2, 0.25) is 0 Å². The van der Waals surface area contributed by atoms with Crippen LogP contribution in [0.1, 0.15) is 5.56 Å². The third kappa shape index (κ3) is 3.37. The minimum Gasteiger partial charge on any atom is -0.377 e. The number of hydrogen-bond acceptors (Lipinski definition) is 3. The molecule has 0 spiro atoms. The molecular formula is C17H12BrClO3S. The summed E-state index contributed by atoms with van der Waals surface area (Å²) in [5.74, 6) is 0.113. The van der Waals surface area contributed by atoms with Crippen LogP contribution in [-0.2, 0) is 10.1 Å². The molecule has 0 aliphatic heterocycles. The molecular weight excluding hydrogens is 400 g/mol. The van der Waals surface area contributed by atoms with Crippen molar-refractivity contribution in [3.63, 3.8) is 0 Å². The molecule has 118 valence electrons. The Bertz CT molecular complexity index is 983. The fourth-order valence-corrected chi connectivity index (χ4v) is 3.82. The maximum Gasteiger partial charge on any atom is 0.339 e. The monoisotopic (exact) mass is 410 g/mol. The summed E-state index contributed by atoms with van der Waals surface area (Å²) in [7, 11) is -3.92. The topological polar surface area (TPSA) is 43.4 Å². The van der Waals surface area contributed by atoms with E-state index in [9.17, 15) is 8.42 Å². The Balaban J connectivity index is 2.02. The van der Waals surface area contributed by atoms with Crippen molar-refractivity contribution in [1.82, 2.24) is 0 Å². The fourth-order valence-electron chi connectivity index (χ4n) is 2.18. The van der Waals surface area contributed by atoms with Crippen LogP contribution in [0.25, 0.3) is 10.8 Å². The number of halogens is 2. The Morgan fingerprint density at radius 2 is 1.70 bits per heavy atom. The van der Waals surface area contributed by atoms with Gasteiger partial charge in [-0.15, -0.1) is 0 Å². The van der Waals surface area contributed by atoms with Gasteiger partial charge in [-0.3, -0.25) is 0 Å². The van der Waals surface area contributed by atoms with E-state index in [4.69, 9.17) is 15.8 Å². The minimum absolute atomic E-state index is 0.0927. The number of aryl methyl sites for hydroxylation is 1. The summed E-state index contributed by atoms with van der Waals surface area (Å²) >= 11 is 9.70. The van der Waals surface area contributed by atoms with Crippen LogP contribution in [0, 0.1) is 6.92 Å². The van der Waals surface area contributed by atoms with Crippen LogP contribution in [0.4, 0.5) is 0 Å². The predicted octanol–water partition coefficient (Wildman–Crippen LogP) is 5.33. The fraction of sp³-hybridized carbons (Fsp3) is 0.0588. The van der Waals surface area contributed by atoms with Crippen molar-refractivity contribution < 1.29 is 12.6 Å². The first-order valence-corrected chi connectivity index (χ1v) is 9.34. The molecule has 0 bridgehead atoms. The van der Waals surface area contributed by atoms with E-state index in [-0.39, 0.29) is 15.7 Å². The minimum atomic E-state index is -3.92.